The summed E-state index contributed by atoms with van der Waals surface area (Å²) in [5.41, 5.74) is 1.51. The van der Waals surface area contributed by atoms with E-state index in [1.807, 2.05) is 30.3 Å². The van der Waals surface area contributed by atoms with E-state index in [2.05, 4.69) is 11.4 Å². The van der Waals surface area contributed by atoms with Gasteiger partial charge in [0.25, 0.3) is 0 Å². The lowest BCUT2D eigenvalue weighted by molar-refractivity contribution is 0.145. The number of rotatable bonds is 3. The number of carbonyl (C=O) groups excluding carboxylic acids is 1. The van der Waals surface area contributed by atoms with E-state index >= 15 is 0 Å². The zero-order chi connectivity index (χ0) is 13.5. The highest BCUT2D eigenvalue weighted by Gasteiger charge is 2.07. The minimum atomic E-state index is -0.637. The molecule has 0 saturated heterocycles. The molecule has 2 aromatic rings. The van der Waals surface area contributed by atoms with Gasteiger partial charge in [-0.3, -0.25) is 10.7 Å². The molecule has 0 saturated carbocycles. The number of amides is 1. The summed E-state index contributed by atoms with van der Waals surface area (Å²) < 4.78 is 5.02. The minimum Gasteiger partial charge on any atom is -0.444 e. The van der Waals surface area contributed by atoms with Crippen LogP contribution in [0, 0.1) is 11.5 Å². The molecule has 0 aliphatic carbocycles. The van der Waals surface area contributed by atoms with Crippen LogP contribution in [0.2, 0.25) is 0 Å². The predicted molar refractivity (Wildman–Crippen MR) is 71.9 cm³/mol. The molecule has 0 spiro atoms. The summed E-state index contributed by atoms with van der Waals surface area (Å²) in [6.07, 6.45) is -0.637. The molecule has 2 aromatic carbocycles. The van der Waals surface area contributed by atoms with Crippen molar-refractivity contribution in [1.82, 2.24) is 5.32 Å². The molecule has 0 atom stereocenters. The van der Waals surface area contributed by atoms with Gasteiger partial charge in [0.15, 0.2) is 0 Å². The number of amidine groups is 1. The quantitative estimate of drug-likeness (QED) is 0.652. The Kier molecular flexibility index (Phi) is 4.29. The van der Waals surface area contributed by atoms with E-state index in [0.29, 0.717) is 5.56 Å². The van der Waals surface area contributed by atoms with E-state index in [0.717, 1.165) is 5.56 Å². The van der Waals surface area contributed by atoms with Gasteiger partial charge in [0.05, 0.1) is 0 Å². The maximum absolute atomic E-state index is 11.5. The molecule has 0 unspecified atom stereocenters. The number of ether oxygens (including phenoxy) is 1. The van der Waals surface area contributed by atoms with Gasteiger partial charge < -0.3 is 4.74 Å². The van der Waals surface area contributed by atoms with Crippen LogP contribution in [0.25, 0.3) is 0 Å². The third-order valence-corrected chi connectivity index (χ3v) is 2.45. The van der Waals surface area contributed by atoms with Crippen molar-refractivity contribution < 1.29 is 9.53 Å². The third-order valence-electron chi connectivity index (χ3n) is 2.45. The zero-order valence-electron chi connectivity index (χ0n) is 10.2. The van der Waals surface area contributed by atoms with Crippen molar-refractivity contribution in [3.05, 3.63) is 71.8 Å². The van der Waals surface area contributed by atoms with E-state index in [-0.39, 0.29) is 12.4 Å². The van der Waals surface area contributed by atoms with Crippen LogP contribution in [0.1, 0.15) is 11.1 Å². The largest absolute Gasteiger partial charge is 0.444 e. The second-order valence-electron chi connectivity index (χ2n) is 3.85. The summed E-state index contributed by atoms with van der Waals surface area (Å²) in [5, 5.41) is 10.1. The fourth-order valence-electron chi connectivity index (χ4n) is 1.49. The third kappa shape index (κ3) is 3.96. The van der Waals surface area contributed by atoms with Crippen molar-refractivity contribution >= 4 is 11.9 Å². The van der Waals surface area contributed by atoms with Crippen LogP contribution in [0.5, 0.6) is 0 Å². The Bertz CT molecular complexity index is 553. The first-order valence-electron chi connectivity index (χ1n) is 5.78. The standard InChI is InChI=1S/C15H13N2O2/c16-14(13-9-5-2-6-10-13)17-15(18)19-11-12-7-3-1-4-8-12/h1,3-10H,11H2,(H2,16,17,18). The molecule has 1 amide bonds. The molecule has 4 nitrogen and oxygen atoms in total. The molecule has 2 rings (SSSR count). The van der Waals surface area contributed by atoms with Crippen LogP contribution in [0.15, 0.2) is 54.6 Å². The first-order valence-corrected chi connectivity index (χ1v) is 5.78. The first-order chi connectivity index (χ1) is 9.25. The van der Waals surface area contributed by atoms with E-state index in [1.54, 1.807) is 24.3 Å². The molecular weight excluding hydrogens is 240 g/mol. The Hall–Kier alpha value is -2.62. The minimum absolute atomic E-state index is 0.00654. The van der Waals surface area contributed by atoms with Crippen molar-refractivity contribution in [2.45, 2.75) is 6.61 Å². The van der Waals surface area contributed by atoms with Gasteiger partial charge in [0.1, 0.15) is 12.4 Å². The molecule has 1 radical (unpaired) electrons. The molecular formula is C15H13N2O2. The molecule has 0 aromatic heterocycles. The lowest BCUT2D eigenvalue weighted by Crippen LogP contribution is -2.30. The highest BCUT2D eigenvalue weighted by atomic mass is 16.5. The summed E-state index contributed by atoms with van der Waals surface area (Å²) in [6.45, 7) is 0.183. The van der Waals surface area contributed by atoms with E-state index in [9.17, 15) is 4.79 Å². The number of carbonyl (C=O) groups is 1. The predicted octanol–water partition coefficient (Wildman–Crippen LogP) is 2.74. The molecule has 4 heteroatoms. The van der Waals surface area contributed by atoms with Gasteiger partial charge in [0.2, 0.25) is 0 Å². The smallest absolute Gasteiger partial charge is 0.413 e. The molecule has 0 fully saturated rings. The highest BCUT2D eigenvalue weighted by molar-refractivity contribution is 6.04. The molecule has 0 aliphatic heterocycles. The Balaban J connectivity index is 1.83. The molecule has 95 valence electrons. The van der Waals surface area contributed by atoms with Crippen molar-refractivity contribution in [2.24, 2.45) is 0 Å². The van der Waals surface area contributed by atoms with Crippen LogP contribution < -0.4 is 5.32 Å². The van der Waals surface area contributed by atoms with Gasteiger partial charge in [-0.25, -0.2) is 4.79 Å². The Morgan fingerprint density at radius 1 is 1.16 bits per heavy atom. The van der Waals surface area contributed by atoms with E-state index in [4.69, 9.17) is 10.1 Å². The summed E-state index contributed by atoms with van der Waals surface area (Å²) in [6, 6.07) is 19.0. The summed E-state index contributed by atoms with van der Waals surface area (Å²) in [5.74, 6) is 0.00654. The highest BCUT2D eigenvalue weighted by Crippen LogP contribution is 2.01. The van der Waals surface area contributed by atoms with Crippen molar-refractivity contribution in [3.63, 3.8) is 0 Å². The summed E-state index contributed by atoms with van der Waals surface area (Å²) in [4.78, 5) is 11.5. The lowest BCUT2D eigenvalue weighted by atomic mass is 10.2. The number of hydrogen-bond acceptors (Lipinski definition) is 3. The molecule has 0 bridgehead atoms. The number of benzene rings is 2. The van der Waals surface area contributed by atoms with Crippen LogP contribution >= 0.6 is 0 Å². The Labute approximate surface area is 111 Å². The molecule has 2 N–H and O–H groups in total. The number of nitrogens with one attached hydrogen (secondary N) is 2. The molecule has 19 heavy (non-hydrogen) atoms. The van der Waals surface area contributed by atoms with E-state index in [1.165, 1.54) is 0 Å². The van der Waals surface area contributed by atoms with Gasteiger partial charge in [-0.05, 0) is 11.6 Å². The number of hydrogen-bond donors (Lipinski definition) is 2. The van der Waals surface area contributed by atoms with Gasteiger partial charge in [0, 0.05) is 5.56 Å². The fraction of sp³-hybridized carbons (Fsp3) is 0.0667. The number of alkyl carbamates (subject to hydrolysis) is 1. The monoisotopic (exact) mass is 253 g/mol. The first kappa shape index (κ1) is 12.8. The van der Waals surface area contributed by atoms with Crippen molar-refractivity contribution in [3.8, 4) is 0 Å². The summed E-state index contributed by atoms with van der Waals surface area (Å²) in [7, 11) is 0. The summed E-state index contributed by atoms with van der Waals surface area (Å²) >= 11 is 0. The SMILES string of the molecule is N=C(NC(=O)OCc1ccccc1)c1cc[c]cc1. The van der Waals surface area contributed by atoms with Crippen LogP contribution in [0.4, 0.5) is 4.79 Å². The zero-order valence-corrected chi connectivity index (χ0v) is 10.2. The normalized spacial score (nSPS) is 9.68. The second kappa shape index (κ2) is 6.35. The van der Waals surface area contributed by atoms with Gasteiger partial charge in [-0.1, -0.05) is 54.6 Å². The maximum atomic E-state index is 11.5. The van der Waals surface area contributed by atoms with Gasteiger partial charge >= 0.3 is 6.09 Å². The van der Waals surface area contributed by atoms with E-state index < -0.39 is 6.09 Å². The fourth-order valence-corrected chi connectivity index (χ4v) is 1.49. The second-order valence-corrected chi connectivity index (χ2v) is 3.85. The van der Waals surface area contributed by atoms with Gasteiger partial charge in [-0.2, -0.15) is 0 Å². The average molecular weight is 253 g/mol. The van der Waals surface area contributed by atoms with Gasteiger partial charge in [-0.15, -0.1) is 0 Å². The van der Waals surface area contributed by atoms with Crippen LogP contribution in [0.3, 0.4) is 0 Å². The topological polar surface area (TPSA) is 62.2 Å². The lowest BCUT2D eigenvalue weighted by Gasteiger charge is -2.08. The van der Waals surface area contributed by atoms with Crippen molar-refractivity contribution in [1.29, 1.82) is 5.41 Å². The van der Waals surface area contributed by atoms with Crippen LogP contribution in [-0.2, 0) is 11.3 Å². The molecule has 0 aliphatic rings. The average Bonchev–Trinajstić information content (AvgIpc) is 2.47. The Morgan fingerprint density at radius 3 is 2.53 bits per heavy atom. The maximum Gasteiger partial charge on any atom is 0.413 e. The van der Waals surface area contributed by atoms with Crippen molar-refractivity contribution in [2.75, 3.05) is 0 Å². The Morgan fingerprint density at radius 2 is 1.84 bits per heavy atom. The van der Waals surface area contributed by atoms with Crippen LogP contribution in [-0.4, -0.2) is 11.9 Å². The molecule has 0 heterocycles.